The van der Waals surface area contributed by atoms with Gasteiger partial charge in [-0.3, -0.25) is 0 Å². The second kappa shape index (κ2) is 6.56. The van der Waals surface area contributed by atoms with E-state index in [0.29, 0.717) is 0 Å². The monoisotopic (exact) mass is 318 g/mol. The molecule has 0 atom stereocenters. The van der Waals surface area contributed by atoms with E-state index in [9.17, 15) is 0 Å². The van der Waals surface area contributed by atoms with E-state index in [-0.39, 0.29) is 24.8 Å². The molecule has 3 heterocycles. The topological polar surface area (TPSA) is 58.9 Å². The molecule has 0 bridgehead atoms. The van der Waals surface area contributed by atoms with Crippen LogP contribution in [0.15, 0.2) is 0 Å². The van der Waals surface area contributed by atoms with E-state index in [1.807, 2.05) is 25.5 Å². The minimum atomic E-state index is 0. The highest BCUT2D eigenvalue weighted by Gasteiger charge is 2.19. The standard InChI is InChI=1S/C12H18N6.2ClH/c1-8-14-11-10(16-9(2)17(11)3)12(15-8)18-6-4-13-5-7-18;;/h13H,4-7H2,1-3H3;2*1H. The molecule has 0 unspecified atom stereocenters. The lowest BCUT2D eigenvalue weighted by atomic mass is 10.3. The van der Waals surface area contributed by atoms with Crippen molar-refractivity contribution in [3.63, 3.8) is 0 Å². The molecule has 1 aliphatic heterocycles. The first-order valence-electron chi connectivity index (χ1n) is 6.30. The smallest absolute Gasteiger partial charge is 0.165 e. The van der Waals surface area contributed by atoms with Crippen LogP contribution in [-0.4, -0.2) is 45.7 Å². The maximum absolute atomic E-state index is 4.60. The van der Waals surface area contributed by atoms with Crippen LogP contribution < -0.4 is 10.2 Å². The van der Waals surface area contributed by atoms with Crippen molar-refractivity contribution in [1.82, 2.24) is 24.8 Å². The molecule has 20 heavy (non-hydrogen) atoms. The summed E-state index contributed by atoms with van der Waals surface area (Å²) >= 11 is 0. The Balaban J connectivity index is 0.000001000. The number of piperazine rings is 1. The Morgan fingerprint density at radius 2 is 1.65 bits per heavy atom. The summed E-state index contributed by atoms with van der Waals surface area (Å²) in [5.74, 6) is 2.75. The number of aryl methyl sites for hydroxylation is 3. The SMILES string of the molecule is Cc1nc(N2CCNCC2)c2nc(C)n(C)c2n1.Cl.Cl. The molecule has 0 aliphatic carbocycles. The summed E-state index contributed by atoms with van der Waals surface area (Å²) < 4.78 is 2.02. The van der Waals surface area contributed by atoms with Gasteiger partial charge in [0.05, 0.1) is 0 Å². The molecule has 1 aliphatic rings. The first-order valence-corrected chi connectivity index (χ1v) is 6.30. The Morgan fingerprint density at radius 3 is 2.30 bits per heavy atom. The van der Waals surface area contributed by atoms with Crippen molar-refractivity contribution in [1.29, 1.82) is 0 Å². The van der Waals surface area contributed by atoms with Crippen molar-refractivity contribution >= 4 is 41.8 Å². The highest BCUT2D eigenvalue weighted by molar-refractivity contribution is 5.86. The number of hydrogen-bond acceptors (Lipinski definition) is 5. The van der Waals surface area contributed by atoms with E-state index in [2.05, 4.69) is 25.2 Å². The van der Waals surface area contributed by atoms with Gasteiger partial charge in [0.1, 0.15) is 11.6 Å². The molecule has 0 aromatic carbocycles. The van der Waals surface area contributed by atoms with E-state index in [1.54, 1.807) is 0 Å². The van der Waals surface area contributed by atoms with Crippen LogP contribution in [0.2, 0.25) is 0 Å². The van der Waals surface area contributed by atoms with Gasteiger partial charge < -0.3 is 14.8 Å². The van der Waals surface area contributed by atoms with Gasteiger partial charge >= 0.3 is 0 Å². The molecule has 0 amide bonds. The lowest BCUT2D eigenvalue weighted by Gasteiger charge is -2.28. The number of anilines is 1. The van der Waals surface area contributed by atoms with Crippen molar-refractivity contribution < 1.29 is 0 Å². The second-order valence-electron chi connectivity index (χ2n) is 4.72. The highest BCUT2D eigenvalue weighted by Crippen LogP contribution is 2.23. The van der Waals surface area contributed by atoms with Gasteiger partial charge in [0.25, 0.3) is 0 Å². The van der Waals surface area contributed by atoms with E-state index in [1.165, 1.54) is 0 Å². The molecule has 2 aromatic heterocycles. The molecule has 1 saturated heterocycles. The summed E-state index contributed by atoms with van der Waals surface area (Å²) in [6, 6.07) is 0. The molecule has 1 N–H and O–H groups in total. The van der Waals surface area contributed by atoms with Crippen LogP contribution in [0, 0.1) is 13.8 Å². The summed E-state index contributed by atoms with van der Waals surface area (Å²) in [5.41, 5.74) is 1.84. The third kappa shape index (κ3) is 2.82. The minimum absolute atomic E-state index is 0. The first kappa shape index (κ1) is 16.9. The maximum Gasteiger partial charge on any atom is 0.165 e. The Kier molecular flexibility index (Phi) is 5.56. The van der Waals surface area contributed by atoms with Crippen molar-refractivity contribution in [2.45, 2.75) is 13.8 Å². The lowest BCUT2D eigenvalue weighted by molar-refractivity contribution is 0.585. The fourth-order valence-electron chi connectivity index (χ4n) is 2.36. The number of hydrogen-bond donors (Lipinski definition) is 1. The van der Waals surface area contributed by atoms with Crippen molar-refractivity contribution in [2.24, 2.45) is 7.05 Å². The minimum Gasteiger partial charge on any atom is -0.352 e. The molecule has 112 valence electrons. The Bertz CT molecular complexity index is 591. The number of aromatic nitrogens is 4. The Labute approximate surface area is 130 Å². The van der Waals surface area contributed by atoms with Crippen molar-refractivity contribution in [2.75, 3.05) is 31.1 Å². The average molecular weight is 319 g/mol. The molecule has 8 heteroatoms. The van der Waals surface area contributed by atoms with E-state index >= 15 is 0 Å². The highest BCUT2D eigenvalue weighted by atomic mass is 35.5. The predicted octanol–water partition coefficient (Wildman–Crippen LogP) is 1.23. The zero-order valence-corrected chi connectivity index (χ0v) is 13.5. The molecule has 3 rings (SSSR count). The zero-order chi connectivity index (χ0) is 12.7. The number of nitrogens with one attached hydrogen (secondary N) is 1. The van der Waals surface area contributed by atoms with Crippen LogP contribution in [0.3, 0.4) is 0 Å². The first-order chi connectivity index (χ1) is 8.66. The Hall–Kier alpha value is -1.11. The molecule has 0 saturated carbocycles. The van der Waals surface area contributed by atoms with Gasteiger partial charge in [-0.1, -0.05) is 0 Å². The normalized spacial score (nSPS) is 14.8. The number of halogens is 2. The summed E-state index contributed by atoms with van der Waals surface area (Å²) in [4.78, 5) is 16.0. The van der Waals surface area contributed by atoms with Crippen LogP contribution in [0.5, 0.6) is 0 Å². The van der Waals surface area contributed by atoms with Gasteiger partial charge in [-0.25, -0.2) is 15.0 Å². The van der Waals surface area contributed by atoms with E-state index in [4.69, 9.17) is 0 Å². The summed E-state index contributed by atoms with van der Waals surface area (Å²) in [5, 5.41) is 3.35. The summed E-state index contributed by atoms with van der Waals surface area (Å²) in [7, 11) is 2.00. The fourth-order valence-corrected chi connectivity index (χ4v) is 2.36. The largest absolute Gasteiger partial charge is 0.352 e. The summed E-state index contributed by atoms with van der Waals surface area (Å²) in [6.07, 6.45) is 0. The van der Waals surface area contributed by atoms with Crippen molar-refractivity contribution in [3.05, 3.63) is 11.6 Å². The molecule has 0 spiro atoms. The van der Waals surface area contributed by atoms with E-state index < -0.39 is 0 Å². The molecule has 0 radical (unpaired) electrons. The Morgan fingerprint density at radius 1 is 1.00 bits per heavy atom. The van der Waals surface area contributed by atoms with Crippen LogP contribution >= 0.6 is 24.8 Å². The number of rotatable bonds is 1. The second-order valence-corrected chi connectivity index (χ2v) is 4.72. The third-order valence-corrected chi connectivity index (χ3v) is 3.45. The van der Waals surface area contributed by atoms with Gasteiger partial charge in [0.2, 0.25) is 0 Å². The van der Waals surface area contributed by atoms with E-state index in [0.717, 1.165) is 54.8 Å². The number of fused-ring (bicyclic) bond motifs is 1. The van der Waals surface area contributed by atoms with Gasteiger partial charge in [-0.15, -0.1) is 24.8 Å². The van der Waals surface area contributed by atoms with Crippen LogP contribution in [0.4, 0.5) is 5.82 Å². The van der Waals surface area contributed by atoms with Gasteiger partial charge in [-0.05, 0) is 13.8 Å². The number of nitrogens with zero attached hydrogens (tertiary/aromatic N) is 5. The molecular formula is C12H20Cl2N6. The van der Waals surface area contributed by atoms with Gasteiger partial charge in [0, 0.05) is 33.2 Å². The van der Waals surface area contributed by atoms with Crippen LogP contribution in [0.25, 0.3) is 11.2 Å². The number of imidazole rings is 1. The molecule has 6 nitrogen and oxygen atoms in total. The molecular weight excluding hydrogens is 299 g/mol. The van der Waals surface area contributed by atoms with Gasteiger partial charge in [-0.2, -0.15) is 0 Å². The van der Waals surface area contributed by atoms with Crippen molar-refractivity contribution in [3.8, 4) is 0 Å². The molecule has 2 aromatic rings. The van der Waals surface area contributed by atoms with Crippen LogP contribution in [-0.2, 0) is 7.05 Å². The predicted molar refractivity (Wildman–Crippen MR) is 85.4 cm³/mol. The summed E-state index contributed by atoms with van der Waals surface area (Å²) in [6.45, 7) is 7.88. The lowest BCUT2D eigenvalue weighted by Crippen LogP contribution is -2.44. The van der Waals surface area contributed by atoms with Gasteiger partial charge in [0.15, 0.2) is 17.0 Å². The zero-order valence-electron chi connectivity index (χ0n) is 11.9. The van der Waals surface area contributed by atoms with Crippen LogP contribution in [0.1, 0.15) is 11.6 Å². The molecule has 1 fully saturated rings. The quantitative estimate of drug-likeness (QED) is 0.857. The fraction of sp³-hybridized carbons (Fsp3) is 0.583. The maximum atomic E-state index is 4.60. The third-order valence-electron chi connectivity index (χ3n) is 3.45. The average Bonchev–Trinajstić information content (AvgIpc) is 2.66.